The number of benzene rings is 1. The highest BCUT2D eigenvalue weighted by molar-refractivity contribution is 5.90. The zero-order valence-corrected chi connectivity index (χ0v) is 15.9. The second kappa shape index (κ2) is 7.94. The fourth-order valence-electron chi connectivity index (χ4n) is 3.47. The normalized spacial score (nSPS) is 19.4. The minimum Gasteiger partial charge on any atom is -0.442 e. The van der Waals surface area contributed by atoms with E-state index in [2.05, 4.69) is 15.5 Å². The van der Waals surface area contributed by atoms with Gasteiger partial charge in [0, 0.05) is 33.1 Å². The van der Waals surface area contributed by atoms with E-state index in [-0.39, 0.29) is 19.0 Å². The average molecular weight is 404 g/mol. The lowest BCUT2D eigenvalue weighted by atomic mass is 10.2. The minimum absolute atomic E-state index is 0.200. The molecule has 2 aliphatic heterocycles. The molecule has 1 unspecified atom stereocenters. The lowest BCUT2D eigenvalue weighted by Gasteiger charge is -2.35. The van der Waals surface area contributed by atoms with E-state index in [1.165, 1.54) is 24.3 Å². The summed E-state index contributed by atoms with van der Waals surface area (Å²) >= 11 is 0. The highest BCUT2D eigenvalue weighted by Crippen LogP contribution is 2.28. The van der Waals surface area contributed by atoms with E-state index in [0.717, 1.165) is 0 Å². The van der Waals surface area contributed by atoms with Crippen molar-refractivity contribution < 1.29 is 23.2 Å². The molecular weight excluding hydrogens is 383 g/mol. The quantitative estimate of drug-likeness (QED) is 0.787. The molecule has 0 radical (unpaired) electrons. The lowest BCUT2D eigenvalue weighted by Crippen LogP contribution is -2.47. The van der Waals surface area contributed by atoms with Crippen LogP contribution >= 0.6 is 0 Å². The summed E-state index contributed by atoms with van der Waals surface area (Å²) in [6.45, 7) is 4.37. The van der Waals surface area contributed by atoms with E-state index in [9.17, 15) is 14.0 Å². The summed E-state index contributed by atoms with van der Waals surface area (Å²) in [5.74, 6) is -0.0789. The molecule has 3 heterocycles. The SMILES string of the molecule is CC(=O)NCC1CN(c2ccc(N3CCN(c4ncon4)CC3)c(F)c2)C(=O)O1. The molecule has 1 N–H and O–H groups in total. The Labute approximate surface area is 166 Å². The van der Waals surface area contributed by atoms with Crippen LogP contribution in [0.3, 0.4) is 0 Å². The largest absolute Gasteiger partial charge is 0.442 e. The number of piperazine rings is 1. The van der Waals surface area contributed by atoms with Crippen LogP contribution in [-0.2, 0) is 9.53 Å². The second-order valence-electron chi connectivity index (χ2n) is 6.89. The van der Waals surface area contributed by atoms with Crippen molar-refractivity contribution in [1.82, 2.24) is 15.5 Å². The maximum Gasteiger partial charge on any atom is 0.414 e. The monoisotopic (exact) mass is 404 g/mol. The maximum absolute atomic E-state index is 14.8. The molecule has 2 fully saturated rings. The Kier molecular flexibility index (Phi) is 5.19. The highest BCUT2D eigenvalue weighted by atomic mass is 19.1. The molecule has 2 amide bonds. The molecule has 29 heavy (non-hydrogen) atoms. The Bertz CT molecular complexity index is 884. The number of rotatable bonds is 5. The van der Waals surface area contributed by atoms with Gasteiger partial charge in [0.15, 0.2) is 0 Å². The van der Waals surface area contributed by atoms with Crippen LogP contribution in [0.2, 0.25) is 0 Å². The topological polar surface area (TPSA) is 104 Å². The number of cyclic esters (lactones) is 1. The number of carbonyl (C=O) groups is 2. The third kappa shape index (κ3) is 4.08. The van der Waals surface area contributed by atoms with E-state index < -0.39 is 18.0 Å². The van der Waals surface area contributed by atoms with Crippen LogP contribution in [0.5, 0.6) is 0 Å². The maximum atomic E-state index is 14.8. The van der Waals surface area contributed by atoms with Gasteiger partial charge in [-0.25, -0.2) is 9.18 Å². The smallest absolute Gasteiger partial charge is 0.414 e. The number of halogens is 1. The Morgan fingerprint density at radius 2 is 2.03 bits per heavy atom. The number of nitrogens with zero attached hydrogens (tertiary/aromatic N) is 5. The first-order chi connectivity index (χ1) is 14.0. The van der Waals surface area contributed by atoms with Gasteiger partial charge in [-0.15, -0.1) is 0 Å². The fourth-order valence-corrected chi connectivity index (χ4v) is 3.47. The van der Waals surface area contributed by atoms with Crippen molar-refractivity contribution in [2.24, 2.45) is 0 Å². The van der Waals surface area contributed by atoms with Gasteiger partial charge in [0.2, 0.25) is 12.3 Å². The molecule has 154 valence electrons. The third-order valence-corrected chi connectivity index (χ3v) is 4.95. The summed E-state index contributed by atoms with van der Waals surface area (Å²) in [6, 6.07) is 4.71. The van der Waals surface area contributed by atoms with E-state index in [1.54, 1.807) is 12.1 Å². The Hall–Kier alpha value is -3.37. The summed E-state index contributed by atoms with van der Waals surface area (Å²) in [5, 5.41) is 6.44. The van der Waals surface area contributed by atoms with Crippen molar-refractivity contribution in [2.75, 3.05) is 54.0 Å². The number of hydrogen-bond donors (Lipinski definition) is 1. The highest BCUT2D eigenvalue weighted by Gasteiger charge is 2.33. The summed E-state index contributed by atoms with van der Waals surface area (Å²) in [7, 11) is 0. The molecule has 2 aliphatic rings. The van der Waals surface area contributed by atoms with E-state index in [0.29, 0.717) is 43.5 Å². The summed E-state index contributed by atoms with van der Waals surface area (Å²) in [5.41, 5.74) is 0.899. The minimum atomic E-state index is -0.554. The molecule has 1 atom stereocenters. The standard InChI is InChI=1S/C18H21FN6O4/c1-12(26)20-9-14-10-25(18(27)29-14)13-2-3-16(15(19)8-13)23-4-6-24(7-5-23)17-21-11-28-22-17/h2-3,8,11,14H,4-7,9-10H2,1H3,(H,20,26). The van der Waals surface area contributed by atoms with Crippen LogP contribution in [-0.4, -0.2) is 67.5 Å². The molecule has 0 spiro atoms. The number of nitrogens with one attached hydrogen (secondary N) is 1. The Balaban J connectivity index is 1.39. The van der Waals surface area contributed by atoms with Crippen LogP contribution in [0.15, 0.2) is 29.1 Å². The molecule has 1 aromatic heterocycles. The molecule has 10 nitrogen and oxygen atoms in total. The van der Waals surface area contributed by atoms with Gasteiger partial charge < -0.3 is 24.4 Å². The summed E-state index contributed by atoms with van der Waals surface area (Å²) in [6.07, 6.45) is 0.262. The molecule has 2 saturated heterocycles. The molecule has 0 saturated carbocycles. The number of carbonyl (C=O) groups excluding carboxylic acids is 2. The average Bonchev–Trinajstić information content (AvgIpc) is 3.36. The first kappa shape index (κ1) is 19.0. The van der Waals surface area contributed by atoms with Gasteiger partial charge in [-0.05, 0) is 23.4 Å². The number of anilines is 3. The van der Waals surface area contributed by atoms with Gasteiger partial charge in [0.1, 0.15) is 11.9 Å². The van der Waals surface area contributed by atoms with Gasteiger partial charge in [-0.3, -0.25) is 9.69 Å². The molecule has 11 heteroatoms. The molecule has 0 aliphatic carbocycles. The second-order valence-corrected chi connectivity index (χ2v) is 6.89. The molecule has 4 rings (SSSR count). The molecule has 2 aromatic rings. The predicted octanol–water partition coefficient (Wildman–Crippen LogP) is 0.997. The van der Waals surface area contributed by atoms with Crippen LogP contribution in [0.25, 0.3) is 0 Å². The first-order valence-electron chi connectivity index (χ1n) is 9.29. The number of amides is 2. The molecule has 0 bridgehead atoms. The summed E-state index contributed by atoms with van der Waals surface area (Å²) in [4.78, 5) is 32.4. The zero-order valence-electron chi connectivity index (χ0n) is 15.9. The summed E-state index contributed by atoms with van der Waals surface area (Å²) < 4.78 is 24.8. The van der Waals surface area contributed by atoms with Crippen molar-refractivity contribution >= 4 is 29.3 Å². The fraction of sp³-hybridized carbons (Fsp3) is 0.444. The molecular formula is C18H21FN6O4. The van der Waals surface area contributed by atoms with Gasteiger partial charge in [0.25, 0.3) is 5.95 Å². The molecule has 1 aromatic carbocycles. The third-order valence-electron chi connectivity index (χ3n) is 4.95. The van der Waals surface area contributed by atoms with Crippen molar-refractivity contribution in [1.29, 1.82) is 0 Å². The number of hydrogen-bond acceptors (Lipinski definition) is 8. The van der Waals surface area contributed by atoms with Gasteiger partial charge >= 0.3 is 6.09 Å². The van der Waals surface area contributed by atoms with E-state index >= 15 is 0 Å². The predicted molar refractivity (Wildman–Crippen MR) is 101 cm³/mol. The number of ether oxygens (including phenoxy) is 1. The van der Waals surface area contributed by atoms with Gasteiger partial charge in [-0.2, -0.15) is 4.98 Å². The van der Waals surface area contributed by atoms with Crippen LogP contribution in [0.4, 0.5) is 26.5 Å². The number of aromatic nitrogens is 2. The van der Waals surface area contributed by atoms with E-state index in [1.807, 2.05) is 9.80 Å². The van der Waals surface area contributed by atoms with Crippen molar-refractivity contribution in [3.8, 4) is 0 Å². The van der Waals surface area contributed by atoms with Crippen molar-refractivity contribution in [2.45, 2.75) is 13.0 Å². The van der Waals surface area contributed by atoms with Gasteiger partial charge in [-0.1, -0.05) is 0 Å². The Morgan fingerprint density at radius 3 is 2.69 bits per heavy atom. The lowest BCUT2D eigenvalue weighted by molar-refractivity contribution is -0.119. The van der Waals surface area contributed by atoms with Crippen molar-refractivity contribution in [3.05, 3.63) is 30.4 Å². The van der Waals surface area contributed by atoms with Crippen LogP contribution < -0.4 is 20.0 Å². The first-order valence-corrected chi connectivity index (χ1v) is 9.29. The van der Waals surface area contributed by atoms with Crippen LogP contribution in [0, 0.1) is 5.82 Å². The van der Waals surface area contributed by atoms with E-state index in [4.69, 9.17) is 9.26 Å². The Morgan fingerprint density at radius 1 is 1.28 bits per heavy atom. The van der Waals surface area contributed by atoms with Gasteiger partial charge in [0.05, 0.1) is 24.5 Å². The van der Waals surface area contributed by atoms with Crippen molar-refractivity contribution in [3.63, 3.8) is 0 Å². The van der Waals surface area contributed by atoms with Crippen LogP contribution in [0.1, 0.15) is 6.92 Å². The zero-order chi connectivity index (χ0) is 20.4.